The molecule has 0 radical (unpaired) electrons. The molecule has 3 heterocycles. The van der Waals surface area contributed by atoms with Gasteiger partial charge in [0.1, 0.15) is 5.70 Å². The highest BCUT2D eigenvalue weighted by atomic mass is 16.5. The first-order valence-electron chi connectivity index (χ1n) is 10.6. The summed E-state index contributed by atoms with van der Waals surface area (Å²) >= 11 is 0. The van der Waals surface area contributed by atoms with Crippen LogP contribution >= 0.6 is 0 Å². The second-order valence-corrected chi connectivity index (χ2v) is 7.63. The zero-order chi connectivity index (χ0) is 20.9. The summed E-state index contributed by atoms with van der Waals surface area (Å²) in [7, 11) is 0. The third-order valence-electron chi connectivity index (χ3n) is 5.73. The number of imide groups is 1. The normalized spacial score (nSPS) is 19.1. The van der Waals surface area contributed by atoms with Crippen molar-refractivity contribution >= 4 is 17.4 Å². The van der Waals surface area contributed by atoms with Crippen LogP contribution in [0, 0.1) is 0 Å². The van der Waals surface area contributed by atoms with E-state index in [4.69, 9.17) is 4.74 Å². The number of ether oxygens (including phenoxy) is 1. The molecule has 1 atom stereocenters. The lowest BCUT2D eigenvalue weighted by Gasteiger charge is -2.25. The van der Waals surface area contributed by atoms with E-state index in [1.54, 1.807) is 12.4 Å². The van der Waals surface area contributed by atoms with Crippen molar-refractivity contribution in [2.75, 3.05) is 26.2 Å². The van der Waals surface area contributed by atoms with E-state index in [1.807, 2.05) is 54.3 Å². The monoisotopic (exact) mass is 405 g/mol. The van der Waals surface area contributed by atoms with E-state index < -0.39 is 0 Å². The van der Waals surface area contributed by atoms with Gasteiger partial charge < -0.3 is 9.64 Å². The van der Waals surface area contributed by atoms with Crippen LogP contribution < -0.4 is 0 Å². The molecule has 6 heteroatoms. The Bertz CT molecular complexity index is 921. The quantitative estimate of drug-likeness (QED) is 0.632. The molecule has 0 spiro atoms. The van der Waals surface area contributed by atoms with Crippen LogP contribution in [0.2, 0.25) is 0 Å². The minimum atomic E-state index is -0.223. The van der Waals surface area contributed by atoms with Gasteiger partial charge in [0.15, 0.2) is 0 Å². The zero-order valence-corrected chi connectivity index (χ0v) is 17.3. The highest BCUT2D eigenvalue weighted by Crippen LogP contribution is 2.32. The maximum Gasteiger partial charge on any atom is 0.277 e. The van der Waals surface area contributed by atoms with Crippen LogP contribution in [-0.4, -0.2) is 58.9 Å². The van der Waals surface area contributed by atoms with Gasteiger partial charge in [0.2, 0.25) is 0 Å². The number of hydrogen-bond donors (Lipinski definition) is 0. The molecule has 2 aliphatic rings. The third kappa shape index (κ3) is 4.14. The fraction of sp³-hybridized carbons (Fsp3) is 0.375. The summed E-state index contributed by atoms with van der Waals surface area (Å²) in [6.45, 7) is 4.32. The van der Waals surface area contributed by atoms with Gasteiger partial charge in [0.25, 0.3) is 11.8 Å². The van der Waals surface area contributed by atoms with Crippen molar-refractivity contribution in [3.05, 3.63) is 71.7 Å². The molecule has 2 aromatic rings. The Labute approximate surface area is 177 Å². The molecule has 1 unspecified atom stereocenters. The SMILES string of the molecule is CCN(CCc1ccncc1)C1=C(c2ccccc2)C(=O)N(CC2CCCO2)C1=O. The lowest BCUT2D eigenvalue weighted by atomic mass is 10.0. The first-order chi connectivity index (χ1) is 14.7. The van der Waals surface area contributed by atoms with Crippen LogP contribution in [0.15, 0.2) is 60.6 Å². The molecule has 0 N–H and O–H groups in total. The van der Waals surface area contributed by atoms with Gasteiger partial charge in [-0.1, -0.05) is 30.3 Å². The summed E-state index contributed by atoms with van der Waals surface area (Å²) in [6, 6.07) is 13.5. The second-order valence-electron chi connectivity index (χ2n) is 7.63. The van der Waals surface area contributed by atoms with Gasteiger partial charge >= 0.3 is 0 Å². The van der Waals surface area contributed by atoms with Crippen LogP contribution in [0.4, 0.5) is 0 Å². The fourth-order valence-corrected chi connectivity index (χ4v) is 4.12. The molecular weight excluding hydrogens is 378 g/mol. The Morgan fingerprint density at radius 2 is 1.87 bits per heavy atom. The number of amides is 2. The van der Waals surface area contributed by atoms with Gasteiger partial charge in [-0.05, 0) is 49.4 Å². The number of likely N-dealkylation sites (N-methyl/N-ethyl adjacent to an activating group) is 1. The number of hydrogen-bond acceptors (Lipinski definition) is 5. The van der Waals surface area contributed by atoms with Crippen molar-refractivity contribution in [3.63, 3.8) is 0 Å². The van der Waals surface area contributed by atoms with Crippen LogP contribution in [0.5, 0.6) is 0 Å². The van der Waals surface area contributed by atoms with Crippen LogP contribution in [0.3, 0.4) is 0 Å². The Morgan fingerprint density at radius 1 is 1.10 bits per heavy atom. The van der Waals surface area contributed by atoms with Crippen LogP contribution in [0.25, 0.3) is 5.57 Å². The average Bonchev–Trinajstić information content (AvgIpc) is 3.38. The van der Waals surface area contributed by atoms with Crippen molar-refractivity contribution in [3.8, 4) is 0 Å². The molecule has 1 aromatic heterocycles. The molecule has 1 saturated heterocycles. The Morgan fingerprint density at radius 3 is 2.53 bits per heavy atom. The van der Waals surface area contributed by atoms with Gasteiger partial charge in [0, 0.05) is 32.1 Å². The number of pyridine rings is 1. The number of benzene rings is 1. The van der Waals surface area contributed by atoms with Crippen molar-refractivity contribution in [1.29, 1.82) is 0 Å². The topological polar surface area (TPSA) is 62.7 Å². The molecule has 6 nitrogen and oxygen atoms in total. The van der Waals surface area contributed by atoms with E-state index in [2.05, 4.69) is 4.98 Å². The van der Waals surface area contributed by atoms with E-state index in [9.17, 15) is 9.59 Å². The maximum atomic E-state index is 13.4. The van der Waals surface area contributed by atoms with Gasteiger partial charge in [-0.2, -0.15) is 0 Å². The minimum absolute atomic E-state index is 0.0684. The Hall–Kier alpha value is -2.99. The number of carbonyl (C=O) groups excluding carboxylic acids is 2. The standard InChI is InChI=1S/C24H27N3O3/c1-2-26(15-12-18-10-13-25-14-11-18)22-21(19-7-4-3-5-8-19)23(28)27(24(22)29)17-20-9-6-16-30-20/h3-5,7-8,10-11,13-14,20H,2,6,9,12,15-17H2,1H3. The van der Waals surface area contributed by atoms with E-state index in [0.29, 0.717) is 37.5 Å². The lowest BCUT2D eigenvalue weighted by Crippen LogP contribution is -2.40. The molecule has 2 amide bonds. The van der Waals surface area contributed by atoms with Gasteiger partial charge in [-0.15, -0.1) is 0 Å². The molecule has 30 heavy (non-hydrogen) atoms. The smallest absolute Gasteiger partial charge is 0.277 e. The molecule has 1 fully saturated rings. The highest BCUT2D eigenvalue weighted by Gasteiger charge is 2.42. The Kier molecular flexibility index (Phi) is 6.23. The molecule has 1 aromatic carbocycles. The van der Waals surface area contributed by atoms with Crippen LogP contribution in [0.1, 0.15) is 30.9 Å². The second kappa shape index (κ2) is 9.22. The summed E-state index contributed by atoms with van der Waals surface area (Å²) in [6.07, 6.45) is 6.10. The van der Waals surface area contributed by atoms with E-state index in [-0.39, 0.29) is 17.9 Å². The van der Waals surface area contributed by atoms with Crippen molar-refractivity contribution in [2.45, 2.75) is 32.3 Å². The van der Waals surface area contributed by atoms with Crippen LogP contribution in [-0.2, 0) is 20.7 Å². The minimum Gasteiger partial charge on any atom is -0.376 e. The average molecular weight is 405 g/mol. The zero-order valence-electron chi connectivity index (χ0n) is 17.3. The fourth-order valence-electron chi connectivity index (χ4n) is 4.12. The maximum absolute atomic E-state index is 13.4. The van der Waals surface area contributed by atoms with E-state index >= 15 is 0 Å². The van der Waals surface area contributed by atoms with Gasteiger partial charge in [0.05, 0.1) is 18.2 Å². The molecule has 2 aliphatic heterocycles. The summed E-state index contributed by atoms with van der Waals surface area (Å²) in [4.78, 5) is 34.3. The molecule has 0 bridgehead atoms. The van der Waals surface area contributed by atoms with E-state index in [0.717, 1.165) is 30.4 Å². The van der Waals surface area contributed by atoms with Crippen molar-refractivity contribution < 1.29 is 14.3 Å². The van der Waals surface area contributed by atoms with Crippen molar-refractivity contribution in [1.82, 2.24) is 14.8 Å². The Balaban J connectivity index is 1.64. The number of nitrogens with zero attached hydrogens (tertiary/aromatic N) is 3. The first kappa shape index (κ1) is 20.3. The van der Waals surface area contributed by atoms with E-state index in [1.165, 1.54) is 4.90 Å². The molecule has 0 saturated carbocycles. The predicted molar refractivity (Wildman–Crippen MR) is 114 cm³/mol. The number of rotatable bonds is 8. The lowest BCUT2D eigenvalue weighted by molar-refractivity contribution is -0.139. The molecular formula is C24H27N3O3. The van der Waals surface area contributed by atoms with Gasteiger partial charge in [-0.25, -0.2) is 0 Å². The third-order valence-corrected chi connectivity index (χ3v) is 5.73. The first-order valence-corrected chi connectivity index (χ1v) is 10.6. The summed E-state index contributed by atoms with van der Waals surface area (Å²) in [5.74, 6) is -0.440. The van der Waals surface area contributed by atoms with Crippen molar-refractivity contribution in [2.24, 2.45) is 0 Å². The highest BCUT2D eigenvalue weighted by molar-refractivity contribution is 6.35. The summed E-state index contributed by atoms with van der Waals surface area (Å²) in [5.41, 5.74) is 2.93. The molecule has 156 valence electrons. The molecule has 0 aliphatic carbocycles. The predicted octanol–water partition coefficient (Wildman–Crippen LogP) is 2.91. The van der Waals surface area contributed by atoms with Gasteiger partial charge in [-0.3, -0.25) is 19.5 Å². The summed E-state index contributed by atoms with van der Waals surface area (Å²) in [5, 5.41) is 0. The summed E-state index contributed by atoms with van der Waals surface area (Å²) < 4.78 is 5.70. The largest absolute Gasteiger partial charge is 0.376 e. The molecule has 4 rings (SSSR count). The number of carbonyl (C=O) groups is 2. The number of aromatic nitrogens is 1.